The van der Waals surface area contributed by atoms with Crippen LogP contribution in [0.2, 0.25) is 5.02 Å². The van der Waals surface area contributed by atoms with E-state index in [9.17, 15) is 13.6 Å². The number of rotatable bonds is 6. The van der Waals surface area contributed by atoms with Gasteiger partial charge in [-0.15, -0.1) is 10.2 Å². The summed E-state index contributed by atoms with van der Waals surface area (Å²) < 4.78 is 29.8. The van der Waals surface area contributed by atoms with Gasteiger partial charge in [-0.25, -0.2) is 8.78 Å². The number of carbonyl (C=O) groups is 1. The minimum absolute atomic E-state index is 0.00554. The molecule has 1 aliphatic rings. The fourth-order valence-corrected chi connectivity index (χ4v) is 4.63. The lowest BCUT2D eigenvalue weighted by atomic mass is 10.2. The Labute approximate surface area is 194 Å². The molecule has 10 heteroatoms. The fraction of sp³-hybridized carbons (Fsp3) is 0.318. The number of halogens is 3. The topological polar surface area (TPSA) is 54.3 Å². The molecule has 1 aliphatic heterocycles. The first-order valence-corrected chi connectivity index (χ1v) is 11.5. The van der Waals surface area contributed by atoms with E-state index in [-0.39, 0.29) is 23.3 Å². The standard InChI is InChI=1S/C22H22ClF2N5OS/c1-28-21(15-5-2-3-7-18(15)24)26-27-22(28)32-14-20(31)30-11-9-29(10-12-30)13-16-17(23)6-4-8-19(16)25/h2-8H,9-14H2,1H3. The van der Waals surface area contributed by atoms with Gasteiger partial charge in [0.2, 0.25) is 5.91 Å². The van der Waals surface area contributed by atoms with Gasteiger partial charge in [0, 0.05) is 50.4 Å². The smallest absolute Gasteiger partial charge is 0.233 e. The zero-order valence-electron chi connectivity index (χ0n) is 17.5. The zero-order valence-corrected chi connectivity index (χ0v) is 19.0. The molecule has 0 unspecified atom stereocenters. The van der Waals surface area contributed by atoms with E-state index < -0.39 is 0 Å². The van der Waals surface area contributed by atoms with Crippen LogP contribution in [0.4, 0.5) is 8.78 Å². The fourth-order valence-electron chi connectivity index (χ4n) is 3.60. The second-order valence-electron chi connectivity index (χ2n) is 7.49. The summed E-state index contributed by atoms with van der Waals surface area (Å²) in [6.07, 6.45) is 0. The van der Waals surface area contributed by atoms with Crippen molar-refractivity contribution in [1.29, 1.82) is 0 Å². The van der Waals surface area contributed by atoms with Gasteiger partial charge < -0.3 is 9.47 Å². The van der Waals surface area contributed by atoms with Gasteiger partial charge in [0.1, 0.15) is 11.6 Å². The summed E-state index contributed by atoms with van der Waals surface area (Å²) in [4.78, 5) is 16.6. The number of aromatic nitrogens is 3. The van der Waals surface area contributed by atoms with E-state index >= 15 is 0 Å². The monoisotopic (exact) mass is 477 g/mol. The number of hydrogen-bond donors (Lipinski definition) is 0. The van der Waals surface area contributed by atoms with Crippen molar-refractivity contribution in [3.8, 4) is 11.4 Å². The van der Waals surface area contributed by atoms with Gasteiger partial charge in [0.15, 0.2) is 11.0 Å². The largest absolute Gasteiger partial charge is 0.339 e. The highest BCUT2D eigenvalue weighted by Gasteiger charge is 2.23. The molecule has 32 heavy (non-hydrogen) atoms. The van der Waals surface area contributed by atoms with Crippen LogP contribution in [0.15, 0.2) is 47.6 Å². The molecule has 168 valence electrons. The van der Waals surface area contributed by atoms with Gasteiger partial charge in [-0.2, -0.15) is 0 Å². The minimum atomic E-state index is -0.370. The number of benzene rings is 2. The summed E-state index contributed by atoms with van der Waals surface area (Å²) in [6, 6.07) is 11.1. The average Bonchev–Trinajstić information content (AvgIpc) is 3.15. The van der Waals surface area contributed by atoms with Crippen LogP contribution in [0, 0.1) is 11.6 Å². The van der Waals surface area contributed by atoms with Crippen molar-refractivity contribution in [1.82, 2.24) is 24.6 Å². The van der Waals surface area contributed by atoms with Crippen LogP contribution in [0.1, 0.15) is 5.56 Å². The Balaban J connectivity index is 1.30. The van der Waals surface area contributed by atoms with Crippen LogP contribution in [-0.4, -0.2) is 62.4 Å². The van der Waals surface area contributed by atoms with Gasteiger partial charge in [0.25, 0.3) is 0 Å². The molecule has 1 amide bonds. The molecule has 0 N–H and O–H groups in total. The van der Waals surface area contributed by atoms with E-state index in [1.165, 1.54) is 23.9 Å². The molecule has 3 aromatic rings. The van der Waals surface area contributed by atoms with Crippen molar-refractivity contribution < 1.29 is 13.6 Å². The van der Waals surface area contributed by atoms with Crippen molar-refractivity contribution >= 4 is 29.3 Å². The molecule has 0 aliphatic carbocycles. The molecule has 0 radical (unpaired) electrons. The molecule has 4 rings (SSSR count). The van der Waals surface area contributed by atoms with Gasteiger partial charge in [-0.1, -0.05) is 41.6 Å². The van der Waals surface area contributed by atoms with Crippen LogP contribution < -0.4 is 0 Å². The van der Waals surface area contributed by atoms with Crippen LogP contribution >= 0.6 is 23.4 Å². The van der Waals surface area contributed by atoms with E-state index in [4.69, 9.17) is 11.6 Å². The number of hydrogen-bond acceptors (Lipinski definition) is 5. The third-order valence-corrected chi connectivity index (χ3v) is 6.80. The Morgan fingerprint density at radius 3 is 2.47 bits per heavy atom. The lowest BCUT2D eigenvalue weighted by molar-refractivity contribution is -0.130. The molecule has 1 aromatic heterocycles. The van der Waals surface area contributed by atoms with Gasteiger partial charge in [-0.3, -0.25) is 9.69 Å². The van der Waals surface area contributed by atoms with E-state index in [1.807, 2.05) is 0 Å². The third-order valence-electron chi connectivity index (χ3n) is 5.44. The summed E-state index contributed by atoms with van der Waals surface area (Å²) in [5.41, 5.74) is 0.851. The highest BCUT2D eigenvalue weighted by molar-refractivity contribution is 7.99. The van der Waals surface area contributed by atoms with Crippen molar-refractivity contribution in [2.45, 2.75) is 11.7 Å². The van der Waals surface area contributed by atoms with E-state index in [2.05, 4.69) is 15.1 Å². The molecule has 1 fully saturated rings. The Hall–Kier alpha value is -2.49. The summed E-state index contributed by atoms with van der Waals surface area (Å²) >= 11 is 7.39. The summed E-state index contributed by atoms with van der Waals surface area (Å²) in [6.45, 7) is 2.82. The molecular weight excluding hydrogens is 456 g/mol. The third kappa shape index (κ3) is 4.95. The van der Waals surface area contributed by atoms with Gasteiger partial charge >= 0.3 is 0 Å². The number of piperazine rings is 1. The van der Waals surface area contributed by atoms with Gasteiger partial charge in [-0.05, 0) is 24.3 Å². The summed E-state index contributed by atoms with van der Waals surface area (Å²) in [5, 5.41) is 9.15. The molecular formula is C22H22ClF2N5OS. The number of carbonyl (C=O) groups excluding carboxylic acids is 1. The summed E-state index contributed by atoms with van der Waals surface area (Å²) in [7, 11) is 1.75. The maximum absolute atomic E-state index is 14.1. The van der Waals surface area contributed by atoms with Crippen LogP contribution in [0.5, 0.6) is 0 Å². The molecule has 0 atom stereocenters. The minimum Gasteiger partial charge on any atom is -0.339 e. The molecule has 6 nitrogen and oxygen atoms in total. The molecule has 2 heterocycles. The predicted octanol–water partition coefficient (Wildman–Crippen LogP) is 3.85. The maximum Gasteiger partial charge on any atom is 0.233 e. The Kier molecular flexibility index (Phi) is 7.07. The van der Waals surface area contributed by atoms with Crippen LogP contribution in [-0.2, 0) is 18.4 Å². The average molecular weight is 478 g/mol. The van der Waals surface area contributed by atoms with Crippen LogP contribution in [0.25, 0.3) is 11.4 Å². The normalized spacial score (nSPS) is 14.7. The van der Waals surface area contributed by atoms with Crippen molar-refractivity contribution in [2.75, 3.05) is 31.9 Å². The first-order valence-electron chi connectivity index (χ1n) is 10.1. The highest BCUT2D eigenvalue weighted by atomic mass is 35.5. The number of nitrogens with zero attached hydrogens (tertiary/aromatic N) is 5. The highest BCUT2D eigenvalue weighted by Crippen LogP contribution is 2.25. The molecule has 0 bridgehead atoms. The lowest BCUT2D eigenvalue weighted by Crippen LogP contribution is -2.48. The molecule has 0 saturated carbocycles. The quantitative estimate of drug-likeness (QED) is 0.505. The molecule has 1 saturated heterocycles. The Bertz CT molecular complexity index is 1100. The summed E-state index contributed by atoms with van der Waals surface area (Å²) in [5.74, 6) is -0.0638. The number of amides is 1. The zero-order chi connectivity index (χ0) is 22.7. The van der Waals surface area contributed by atoms with E-state index in [0.29, 0.717) is 59.9 Å². The van der Waals surface area contributed by atoms with Crippen molar-refractivity contribution in [3.05, 3.63) is 64.7 Å². The predicted molar refractivity (Wildman–Crippen MR) is 120 cm³/mol. The first kappa shape index (κ1) is 22.7. The van der Waals surface area contributed by atoms with E-state index in [1.54, 1.807) is 46.8 Å². The molecule has 0 spiro atoms. The SMILES string of the molecule is Cn1c(SCC(=O)N2CCN(Cc3c(F)cccc3Cl)CC2)nnc1-c1ccccc1F. The maximum atomic E-state index is 14.1. The Morgan fingerprint density at radius 2 is 1.75 bits per heavy atom. The van der Waals surface area contributed by atoms with Crippen molar-refractivity contribution in [3.63, 3.8) is 0 Å². The first-order chi connectivity index (χ1) is 15.4. The second-order valence-corrected chi connectivity index (χ2v) is 8.84. The van der Waals surface area contributed by atoms with E-state index in [0.717, 1.165) is 0 Å². The Morgan fingerprint density at radius 1 is 1.03 bits per heavy atom. The number of thioether (sulfide) groups is 1. The van der Waals surface area contributed by atoms with Crippen LogP contribution in [0.3, 0.4) is 0 Å². The molecule has 2 aromatic carbocycles. The lowest BCUT2D eigenvalue weighted by Gasteiger charge is -2.34. The van der Waals surface area contributed by atoms with Crippen molar-refractivity contribution in [2.24, 2.45) is 7.05 Å². The second kappa shape index (κ2) is 9.97. The van der Waals surface area contributed by atoms with Gasteiger partial charge in [0.05, 0.1) is 11.3 Å².